The molecule has 15 heavy (non-hydrogen) atoms. The minimum Gasteiger partial charge on any atom is -0.434 e. The number of benzene rings is 1. The minimum atomic E-state index is -2.91. The fourth-order valence-corrected chi connectivity index (χ4v) is 2.35. The highest BCUT2D eigenvalue weighted by molar-refractivity contribution is 9.11. The van der Waals surface area contributed by atoms with E-state index in [9.17, 15) is 13.6 Å². The Bertz CT molecular complexity index is 394. The van der Waals surface area contributed by atoms with Crippen LogP contribution in [0.4, 0.5) is 8.78 Å². The van der Waals surface area contributed by atoms with Crippen LogP contribution < -0.4 is 4.74 Å². The van der Waals surface area contributed by atoms with Crippen LogP contribution in [0.3, 0.4) is 0 Å². The van der Waals surface area contributed by atoms with E-state index in [2.05, 4.69) is 36.6 Å². The van der Waals surface area contributed by atoms with Crippen molar-refractivity contribution in [2.75, 3.05) is 0 Å². The van der Waals surface area contributed by atoms with Crippen LogP contribution in [0.2, 0.25) is 0 Å². The van der Waals surface area contributed by atoms with Gasteiger partial charge in [-0.1, -0.05) is 15.9 Å². The fraction of sp³-hybridized carbons (Fsp3) is 0.222. The number of halogens is 4. The second kappa shape index (κ2) is 5.03. The van der Waals surface area contributed by atoms with Gasteiger partial charge in [0.05, 0.1) is 4.47 Å². The Morgan fingerprint density at radius 1 is 1.33 bits per heavy atom. The van der Waals surface area contributed by atoms with Crippen LogP contribution in [-0.4, -0.2) is 12.4 Å². The average molecular weight is 344 g/mol. The summed E-state index contributed by atoms with van der Waals surface area (Å²) in [6, 6.07) is 2.76. The van der Waals surface area contributed by atoms with Crippen LogP contribution in [0.5, 0.6) is 5.75 Å². The minimum absolute atomic E-state index is 0.0570. The molecule has 1 rings (SSSR count). The van der Waals surface area contributed by atoms with Crippen molar-refractivity contribution in [2.45, 2.75) is 13.5 Å². The van der Waals surface area contributed by atoms with E-state index in [1.807, 2.05) is 0 Å². The molecule has 0 amide bonds. The second-order valence-electron chi connectivity index (χ2n) is 2.70. The van der Waals surface area contributed by atoms with Gasteiger partial charge in [-0.3, -0.25) is 4.79 Å². The number of hydrogen-bond donors (Lipinski definition) is 0. The van der Waals surface area contributed by atoms with Crippen LogP contribution in [0.15, 0.2) is 21.1 Å². The van der Waals surface area contributed by atoms with Gasteiger partial charge in [0.15, 0.2) is 5.78 Å². The predicted molar refractivity (Wildman–Crippen MR) is 58.5 cm³/mol. The summed E-state index contributed by atoms with van der Waals surface area (Å²) in [5.41, 5.74) is 0.300. The number of ether oxygens (including phenoxy) is 1. The molecule has 0 atom stereocenters. The van der Waals surface area contributed by atoms with E-state index in [4.69, 9.17) is 0 Å². The first-order valence-corrected chi connectivity index (χ1v) is 5.45. The van der Waals surface area contributed by atoms with Crippen molar-refractivity contribution in [3.63, 3.8) is 0 Å². The summed E-state index contributed by atoms with van der Waals surface area (Å²) < 4.78 is 29.1. The van der Waals surface area contributed by atoms with Crippen molar-refractivity contribution in [3.8, 4) is 5.75 Å². The third kappa shape index (κ3) is 3.24. The summed E-state index contributed by atoms with van der Waals surface area (Å²) in [5.74, 6) is -0.285. The maximum absolute atomic E-state index is 12.0. The molecule has 0 unspecified atom stereocenters. The maximum atomic E-state index is 12.0. The molecular formula is C9H6Br2F2O2. The van der Waals surface area contributed by atoms with Crippen molar-refractivity contribution >= 4 is 37.6 Å². The summed E-state index contributed by atoms with van der Waals surface area (Å²) in [6.07, 6.45) is 0. The normalized spacial score (nSPS) is 10.5. The lowest BCUT2D eigenvalue weighted by Crippen LogP contribution is -2.04. The monoisotopic (exact) mass is 342 g/mol. The molecule has 0 saturated heterocycles. The Morgan fingerprint density at radius 2 is 1.93 bits per heavy atom. The molecule has 0 spiro atoms. The molecule has 0 aliphatic heterocycles. The van der Waals surface area contributed by atoms with Gasteiger partial charge in [0.25, 0.3) is 0 Å². The van der Waals surface area contributed by atoms with Crippen molar-refractivity contribution in [1.29, 1.82) is 0 Å². The molecule has 0 bridgehead atoms. The Balaban J connectivity index is 3.17. The highest BCUT2D eigenvalue weighted by Crippen LogP contribution is 2.32. The molecule has 0 fully saturated rings. The Morgan fingerprint density at radius 3 is 2.40 bits per heavy atom. The van der Waals surface area contributed by atoms with Crippen molar-refractivity contribution in [3.05, 3.63) is 26.6 Å². The third-order valence-electron chi connectivity index (χ3n) is 1.62. The first-order chi connectivity index (χ1) is 6.91. The van der Waals surface area contributed by atoms with Crippen molar-refractivity contribution in [1.82, 2.24) is 0 Å². The van der Waals surface area contributed by atoms with Gasteiger partial charge in [0.1, 0.15) is 5.75 Å². The van der Waals surface area contributed by atoms with E-state index < -0.39 is 6.61 Å². The third-order valence-corrected chi connectivity index (χ3v) is 2.89. The van der Waals surface area contributed by atoms with Crippen molar-refractivity contribution < 1.29 is 18.3 Å². The zero-order valence-corrected chi connectivity index (χ0v) is 10.7. The highest BCUT2D eigenvalue weighted by Gasteiger charge is 2.13. The van der Waals surface area contributed by atoms with Crippen LogP contribution in [0.25, 0.3) is 0 Å². The van der Waals surface area contributed by atoms with E-state index in [1.54, 1.807) is 0 Å². The molecule has 82 valence electrons. The number of rotatable bonds is 3. The largest absolute Gasteiger partial charge is 0.434 e. The van der Waals surface area contributed by atoms with Gasteiger partial charge < -0.3 is 4.74 Å². The summed E-state index contributed by atoms with van der Waals surface area (Å²) >= 11 is 6.21. The molecule has 1 aromatic carbocycles. The first-order valence-electron chi connectivity index (χ1n) is 3.86. The lowest BCUT2D eigenvalue weighted by molar-refractivity contribution is -0.0504. The number of hydrogen-bond acceptors (Lipinski definition) is 2. The SMILES string of the molecule is CC(=O)c1cc(OC(F)F)c(Br)cc1Br. The summed E-state index contributed by atoms with van der Waals surface area (Å²) in [7, 11) is 0. The second-order valence-corrected chi connectivity index (χ2v) is 4.41. The number of carbonyl (C=O) groups excluding carboxylic acids is 1. The van der Waals surface area contributed by atoms with Gasteiger partial charge in [0, 0.05) is 10.0 Å². The van der Waals surface area contributed by atoms with Crippen molar-refractivity contribution in [2.24, 2.45) is 0 Å². The fourth-order valence-electron chi connectivity index (χ4n) is 0.985. The molecule has 0 saturated carbocycles. The van der Waals surface area contributed by atoms with Crippen LogP contribution in [0, 0.1) is 0 Å². The van der Waals surface area contributed by atoms with Gasteiger partial charge in [-0.25, -0.2) is 0 Å². The number of Topliss-reactive ketones (excluding diaryl/α,β-unsaturated/α-hetero) is 1. The van der Waals surface area contributed by atoms with Gasteiger partial charge >= 0.3 is 6.61 Å². The predicted octanol–water partition coefficient (Wildman–Crippen LogP) is 4.02. The van der Waals surface area contributed by atoms with E-state index in [0.29, 0.717) is 14.5 Å². The Hall–Kier alpha value is -0.490. The number of carbonyl (C=O) groups is 1. The van der Waals surface area contributed by atoms with Gasteiger partial charge in [-0.05, 0) is 35.0 Å². The van der Waals surface area contributed by atoms with E-state index in [0.717, 1.165) is 0 Å². The lowest BCUT2D eigenvalue weighted by Gasteiger charge is -2.09. The van der Waals surface area contributed by atoms with Gasteiger partial charge in [-0.15, -0.1) is 0 Å². The molecule has 2 nitrogen and oxygen atoms in total. The average Bonchev–Trinajstić information content (AvgIpc) is 2.08. The molecule has 1 aromatic rings. The Labute approximate surface area is 102 Å². The smallest absolute Gasteiger partial charge is 0.387 e. The standard InChI is InChI=1S/C9H6Br2F2O2/c1-4(14)5-2-8(15-9(12)13)7(11)3-6(5)10/h2-3,9H,1H3. The molecule has 0 heterocycles. The summed E-state index contributed by atoms with van der Waals surface area (Å²) in [6.45, 7) is -1.57. The molecule has 6 heteroatoms. The first kappa shape index (κ1) is 12.6. The quantitative estimate of drug-likeness (QED) is 0.775. The van der Waals surface area contributed by atoms with Crippen LogP contribution >= 0.6 is 31.9 Å². The maximum Gasteiger partial charge on any atom is 0.387 e. The summed E-state index contributed by atoms with van der Waals surface area (Å²) in [5, 5.41) is 0. The van der Waals surface area contributed by atoms with E-state index in [-0.39, 0.29) is 11.5 Å². The zero-order chi connectivity index (χ0) is 11.6. The molecule has 0 aliphatic rings. The van der Waals surface area contributed by atoms with Gasteiger partial charge in [0.2, 0.25) is 0 Å². The van der Waals surface area contributed by atoms with Gasteiger partial charge in [-0.2, -0.15) is 8.78 Å². The van der Waals surface area contributed by atoms with E-state index in [1.165, 1.54) is 19.1 Å². The zero-order valence-electron chi connectivity index (χ0n) is 7.56. The highest BCUT2D eigenvalue weighted by atomic mass is 79.9. The molecule has 0 radical (unpaired) electrons. The van der Waals surface area contributed by atoms with Crippen LogP contribution in [0.1, 0.15) is 17.3 Å². The topological polar surface area (TPSA) is 26.3 Å². The molecule has 0 aliphatic carbocycles. The number of ketones is 1. The number of alkyl halides is 2. The lowest BCUT2D eigenvalue weighted by atomic mass is 10.1. The van der Waals surface area contributed by atoms with E-state index >= 15 is 0 Å². The Kier molecular flexibility index (Phi) is 4.21. The van der Waals surface area contributed by atoms with Crippen LogP contribution in [-0.2, 0) is 0 Å². The summed E-state index contributed by atoms with van der Waals surface area (Å²) in [4.78, 5) is 11.1. The molecular weight excluding hydrogens is 338 g/mol. The molecule has 0 N–H and O–H groups in total. The molecule has 0 aromatic heterocycles.